The van der Waals surface area contributed by atoms with Crippen molar-refractivity contribution in [2.75, 3.05) is 0 Å². The fourth-order valence-corrected chi connectivity index (χ4v) is 0.942. The van der Waals surface area contributed by atoms with Gasteiger partial charge in [0.25, 0.3) is 0 Å². The van der Waals surface area contributed by atoms with Gasteiger partial charge in [-0.05, 0) is 18.2 Å². The van der Waals surface area contributed by atoms with Gasteiger partial charge in [-0.1, -0.05) is 11.8 Å². The number of phenols is 1. The molecule has 76 valence electrons. The van der Waals surface area contributed by atoms with Crippen molar-refractivity contribution in [3.63, 3.8) is 0 Å². The first-order valence-corrected chi connectivity index (χ1v) is 4.12. The van der Waals surface area contributed by atoms with Crippen molar-refractivity contribution in [3.05, 3.63) is 29.3 Å². The fraction of sp³-hybridized carbons (Fsp3) is 0.0909. The van der Waals surface area contributed by atoms with Crippen molar-refractivity contribution in [2.45, 2.75) is 6.42 Å². The van der Waals surface area contributed by atoms with E-state index in [4.69, 9.17) is 5.11 Å². The van der Waals surface area contributed by atoms with Gasteiger partial charge in [0.05, 0.1) is 5.56 Å². The van der Waals surface area contributed by atoms with E-state index in [1.807, 2.05) is 0 Å². The molecule has 15 heavy (non-hydrogen) atoms. The third-order valence-electron chi connectivity index (χ3n) is 1.62. The lowest BCUT2D eigenvalue weighted by atomic mass is 10.1. The van der Waals surface area contributed by atoms with Gasteiger partial charge in [0.2, 0.25) is 0 Å². The molecule has 0 spiro atoms. The number of aliphatic carboxylic acids is 1. The normalized spacial score (nSPS) is 8.80. The maximum Gasteiger partial charge on any atom is 0.315 e. The predicted molar refractivity (Wildman–Crippen MR) is 52.6 cm³/mol. The van der Waals surface area contributed by atoms with Gasteiger partial charge in [-0.2, -0.15) is 0 Å². The molecule has 0 aromatic heterocycles. The molecule has 0 unspecified atom stereocenters. The summed E-state index contributed by atoms with van der Waals surface area (Å²) >= 11 is 0. The second-order valence-corrected chi connectivity index (χ2v) is 2.77. The maximum atomic E-state index is 10.4. The number of carboxylic acid groups (broad SMARTS) is 1. The smallest absolute Gasteiger partial charge is 0.315 e. The molecule has 0 saturated heterocycles. The van der Waals surface area contributed by atoms with Crippen molar-refractivity contribution in [1.82, 2.24) is 0 Å². The molecule has 0 aliphatic heterocycles. The Hall–Kier alpha value is -2.28. The minimum atomic E-state index is -1.03. The molecule has 0 radical (unpaired) electrons. The second-order valence-electron chi connectivity index (χ2n) is 2.77. The Kier molecular flexibility index (Phi) is 3.47. The average Bonchev–Trinajstić information content (AvgIpc) is 2.20. The van der Waals surface area contributed by atoms with Crippen LogP contribution in [0.25, 0.3) is 0 Å². The summed E-state index contributed by atoms with van der Waals surface area (Å²) in [6.45, 7) is 0. The molecule has 0 aliphatic carbocycles. The molecule has 0 aliphatic rings. The van der Waals surface area contributed by atoms with Crippen LogP contribution in [0, 0.1) is 11.8 Å². The highest BCUT2D eigenvalue weighted by molar-refractivity contribution is 5.76. The number of carboxylic acids is 1. The zero-order valence-electron chi connectivity index (χ0n) is 7.73. The highest BCUT2D eigenvalue weighted by Gasteiger charge is 1.99. The van der Waals surface area contributed by atoms with Crippen molar-refractivity contribution < 1.29 is 19.8 Å². The maximum absolute atomic E-state index is 10.4. The largest absolute Gasteiger partial charge is 0.507 e. The van der Waals surface area contributed by atoms with Gasteiger partial charge in [-0.25, -0.2) is 0 Å². The number of phenolic OH excluding ortho intramolecular Hbond substituents is 1. The molecule has 1 aromatic rings. The lowest BCUT2D eigenvalue weighted by molar-refractivity contribution is -0.135. The number of hydrogen-bond acceptors (Lipinski definition) is 3. The number of hydrogen-bond donors (Lipinski definition) is 2. The van der Waals surface area contributed by atoms with E-state index in [-0.39, 0.29) is 17.7 Å². The Bertz CT molecular complexity index is 451. The Morgan fingerprint density at radius 2 is 2.20 bits per heavy atom. The lowest BCUT2D eigenvalue weighted by Crippen LogP contribution is -1.90. The SMILES string of the molecule is O=Cc1ccc(O)c(C#CCC(=O)O)c1. The first-order valence-electron chi connectivity index (χ1n) is 4.12. The van der Waals surface area contributed by atoms with E-state index in [0.717, 1.165) is 0 Å². The number of aromatic hydroxyl groups is 1. The number of benzene rings is 1. The van der Waals surface area contributed by atoms with Gasteiger partial charge in [0.15, 0.2) is 0 Å². The van der Waals surface area contributed by atoms with Gasteiger partial charge in [-0.15, -0.1) is 0 Å². The number of carbonyl (C=O) groups is 2. The molecule has 4 heteroatoms. The molecular weight excluding hydrogens is 196 g/mol. The predicted octanol–water partition coefficient (Wildman–Crippen LogP) is 1.03. The molecule has 0 atom stereocenters. The summed E-state index contributed by atoms with van der Waals surface area (Å²) in [6.07, 6.45) is 0.326. The third-order valence-corrected chi connectivity index (χ3v) is 1.62. The van der Waals surface area contributed by atoms with Crippen molar-refractivity contribution in [1.29, 1.82) is 0 Å². The topological polar surface area (TPSA) is 74.6 Å². The molecule has 0 amide bonds. The molecule has 0 saturated carbocycles. The Morgan fingerprint density at radius 3 is 2.80 bits per heavy atom. The summed E-state index contributed by atoms with van der Waals surface area (Å²) in [7, 11) is 0. The van der Waals surface area contributed by atoms with E-state index in [1.54, 1.807) is 0 Å². The molecule has 0 fully saturated rings. The summed E-state index contributed by atoms with van der Waals surface area (Å²) < 4.78 is 0. The molecular formula is C11H8O4. The summed E-state index contributed by atoms with van der Waals surface area (Å²) in [5.41, 5.74) is 0.633. The molecule has 1 rings (SSSR count). The van der Waals surface area contributed by atoms with Crippen molar-refractivity contribution in [3.8, 4) is 17.6 Å². The van der Waals surface area contributed by atoms with Crippen LogP contribution in [0.2, 0.25) is 0 Å². The average molecular weight is 204 g/mol. The van der Waals surface area contributed by atoms with Crippen LogP contribution in [-0.2, 0) is 4.79 Å². The minimum Gasteiger partial charge on any atom is -0.507 e. The van der Waals surface area contributed by atoms with E-state index >= 15 is 0 Å². The summed E-state index contributed by atoms with van der Waals surface area (Å²) in [5, 5.41) is 17.7. The molecule has 4 nitrogen and oxygen atoms in total. The first-order chi connectivity index (χ1) is 7.13. The zero-order valence-corrected chi connectivity index (χ0v) is 7.73. The van der Waals surface area contributed by atoms with Crippen LogP contribution in [0.1, 0.15) is 22.3 Å². The number of carbonyl (C=O) groups excluding carboxylic acids is 1. The Morgan fingerprint density at radius 1 is 1.47 bits per heavy atom. The van der Waals surface area contributed by atoms with Gasteiger partial charge in [0.1, 0.15) is 18.5 Å². The van der Waals surface area contributed by atoms with Crippen LogP contribution in [0.5, 0.6) is 5.75 Å². The monoisotopic (exact) mass is 204 g/mol. The van der Waals surface area contributed by atoms with E-state index in [2.05, 4.69) is 11.8 Å². The van der Waals surface area contributed by atoms with Crippen molar-refractivity contribution >= 4 is 12.3 Å². The van der Waals surface area contributed by atoms with Crippen LogP contribution in [0.3, 0.4) is 0 Å². The van der Waals surface area contributed by atoms with Gasteiger partial charge in [-0.3, -0.25) is 9.59 Å². The number of aldehydes is 1. The highest BCUT2D eigenvalue weighted by Crippen LogP contribution is 2.16. The van der Waals surface area contributed by atoms with Gasteiger partial charge < -0.3 is 10.2 Å². The quantitative estimate of drug-likeness (QED) is 0.557. The highest BCUT2D eigenvalue weighted by atomic mass is 16.4. The Labute approximate surface area is 86.2 Å². The summed E-state index contributed by atoms with van der Waals surface area (Å²) in [5.74, 6) is 3.74. The lowest BCUT2D eigenvalue weighted by Gasteiger charge is -1.96. The molecule has 0 heterocycles. The fourth-order valence-electron chi connectivity index (χ4n) is 0.942. The molecule has 2 N–H and O–H groups in total. The van der Waals surface area contributed by atoms with E-state index in [9.17, 15) is 14.7 Å². The van der Waals surface area contributed by atoms with E-state index < -0.39 is 5.97 Å². The van der Waals surface area contributed by atoms with Crippen LogP contribution in [0.4, 0.5) is 0 Å². The molecule has 0 bridgehead atoms. The van der Waals surface area contributed by atoms with Gasteiger partial charge >= 0.3 is 5.97 Å². The van der Waals surface area contributed by atoms with Crippen LogP contribution >= 0.6 is 0 Å². The van der Waals surface area contributed by atoms with Crippen molar-refractivity contribution in [2.24, 2.45) is 0 Å². The van der Waals surface area contributed by atoms with E-state index in [1.165, 1.54) is 18.2 Å². The summed E-state index contributed by atoms with van der Waals surface area (Å²) in [4.78, 5) is 20.6. The summed E-state index contributed by atoms with van der Waals surface area (Å²) in [6, 6.07) is 4.19. The van der Waals surface area contributed by atoms with Crippen LogP contribution in [-0.4, -0.2) is 22.5 Å². The standard InChI is InChI=1S/C11H8O4/c12-7-8-4-5-10(13)9(6-8)2-1-3-11(14)15/h4-7,13H,3H2,(H,14,15). The number of rotatable bonds is 2. The Balaban J connectivity index is 2.95. The first kappa shape index (κ1) is 10.8. The molecule has 1 aromatic carbocycles. The second kappa shape index (κ2) is 4.82. The van der Waals surface area contributed by atoms with Gasteiger partial charge in [0, 0.05) is 5.56 Å². The minimum absolute atomic E-state index is 0.0708. The zero-order chi connectivity index (χ0) is 11.3. The third kappa shape index (κ3) is 3.16. The van der Waals surface area contributed by atoms with Crippen LogP contribution in [0.15, 0.2) is 18.2 Å². The van der Waals surface area contributed by atoms with E-state index in [0.29, 0.717) is 11.8 Å². The van der Waals surface area contributed by atoms with Crippen LogP contribution < -0.4 is 0 Å².